The van der Waals surface area contributed by atoms with E-state index in [1.54, 1.807) is 31.2 Å². The first-order chi connectivity index (χ1) is 11.4. The number of carbonyl (C=O) groups is 3. The summed E-state index contributed by atoms with van der Waals surface area (Å²) in [6.07, 6.45) is 4.83. The van der Waals surface area contributed by atoms with Crippen LogP contribution in [0.4, 0.5) is 11.4 Å². The van der Waals surface area contributed by atoms with Gasteiger partial charge in [-0.3, -0.25) is 14.4 Å². The Morgan fingerprint density at radius 3 is 2.38 bits per heavy atom. The van der Waals surface area contributed by atoms with E-state index in [0.29, 0.717) is 30.6 Å². The molecule has 0 aromatic heterocycles. The molecule has 0 saturated carbocycles. The molecule has 0 saturated heterocycles. The van der Waals surface area contributed by atoms with Crippen LogP contribution in [0.3, 0.4) is 0 Å². The highest BCUT2D eigenvalue weighted by Gasteiger charge is 2.33. The molecule has 0 spiro atoms. The first-order valence-electron chi connectivity index (χ1n) is 8.01. The number of carboxylic acid groups (broad SMARTS) is 1. The number of carbonyl (C=O) groups excluding carboxylic acids is 2. The molecule has 0 radical (unpaired) electrons. The van der Waals surface area contributed by atoms with Crippen LogP contribution in [0.15, 0.2) is 30.4 Å². The van der Waals surface area contributed by atoms with E-state index in [0.717, 1.165) is 5.56 Å². The lowest BCUT2D eigenvalue weighted by molar-refractivity contribution is -0.146. The number of aryl methyl sites for hydroxylation is 1. The minimum atomic E-state index is -0.951. The Hall–Kier alpha value is -2.63. The molecule has 0 heterocycles. The van der Waals surface area contributed by atoms with Crippen molar-refractivity contribution in [1.29, 1.82) is 0 Å². The standard InChI is InChI=1S/C18H22N2O4/c1-3-16(21)20-15-9-8-12(10-11(15)2)19-17(22)13-6-4-5-7-14(13)18(23)24/h4-5,8-10,13-14H,3,6-7H2,1-2H3,(H,19,22)(H,20,21)(H,23,24)/t13-,14+/m0/s1. The summed E-state index contributed by atoms with van der Waals surface area (Å²) in [4.78, 5) is 35.2. The summed E-state index contributed by atoms with van der Waals surface area (Å²) >= 11 is 0. The van der Waals surface area contributed by atoms with Gasteiger partial charge in [-0.15, -0.1) is 0 Å². The largest absolute Gasteiger partial charge is 0.481 e. The number of allylic oxidation sites excluding steroid dienone is 2. The van der Waals surface area contributed by atoms with Crippen LogP contribution in [0.1, 0.15) is 31.7 Å². The third-order valence-corrected chi connectivity index (χ3v) is 4.18. The van der Waals surface area contributed by atoms with Gasteiger partial charge in [-0.1, -0.05) is 19.1 Å². The van der Waals surface area contributed by atoms with E-state index in [1.807, 2.05) is 13.0 Å². The summed E-state index contributed by atoms with van der Waals surface area (Å²) in [5, 5.41) is 14.8. The second-order valence-corrected chi connectivity index (χ2v) is 5.91. The van der Waals surface area contributed by atoms with Crippen LogP contribution in [0.2, 0.25) is 0 Å². The quantitative estimate of drug-likeness (QED) is 0.723. The van der Waals surface area contributed by atoms with Gasteiger partial charge in [-0.2, -0.15) is 0 Å². The maximum atomic E-state index is 12.4. The van der Waals surface area contributed by atoms with Gasteiger partial charge in [0.05, 0.1) is 11.8 Å². The van der Waals surface area contributed by atoms with Crippen molar-refractivity contribution >= 4 is 29.2 Å². The number of anilines is 2. The maximum Gasteiger partial charge on any atom is 0.307 e. The minimum Gasteiger partial charge on any atom is -0.481 e. The summed E-state index contributed by atoms with van der Waals surface area (Å²) in [5.74, 6) is -2.59. The van der Waals surface area contributed by atoms with E-state index >= 15 is 0 Å². The molecule has 0 unspecified atom stereocenters. The van der Waals surface area contributed by atoms with Crippen LogP contribution in [-0.2, 0) is 14.4 Å². The lowest BCUT2D eigenvalue weighted by atomic mass is 9.82. The molecule has 1 aliphatic carbocycles. The Kier molecular flexibility index (Phi) is 5.73. The molecule has 2 amide bonds. The molecule has 2 rings (SSSR count). The Morgan fingerprint density at radius 1 is 1.12 bits per heavy atom. The van der Waals surface area contributed by atoms with Crippen molar-refractivity contribution in [3.05, 3.63) is 35.9 Å². The fraction of sp³-hybridized carbons (Fsp3) is 0.389. The lowest BCUT2D eigenvalue weighted by Crippen LogP contribution is -2.34. The van der Waals surface area contributed by atoms with Crippen molar-refractivity contribution in [3.63, 3.8) is 0 Å². The van der Waals surface area contributed by atoms with Crippen LogP contribution in [0, 0.1) is 18.8 Å². The summed E-state index contributed by atoms with van der Waals surface area (Å²) in [7, 11) is 0. The number of hydrogen-bond acceptors (Lipinski definition) is 3. The summed E-state index contributed by atoms with van der Waals surface area (Å²) < 4.78 is 0. The second kappa shape index (κ2) is 7.77. The zero-order chi connectivity index (χ0) is 17.7. The van der Waals surface area contributed by atoms with E-state index < -0.39 is 17.8 Å². The normalized spacial score (nSPS) is 19.6. The predicted molar refractivity (Wildman–Crippen MR) is 91.7 cm³/mol. The second-order valence-electron chi connectivity index (χ2n) is 5.91. The van der Waals surface area contributed by atoms with Gasteiger partial charge in [0.25, 0.3) is 0 Å². The third kappa shape index (κ3) is 4.22. The summed E-state index contributed by atoms with van der Waals surface area (Å²) in [6, 6.07) is 5.19. The van der Waals surface area contributed by atoms with Crippen molar-refractivity contribution in [2.24, 2.45) is 11.8 Å². The average molecular weight is 330 g/mol. The molecule has 0 bridgehead atoms. The number of rotatable bonds is 5. The fourth-order valence-electron chi connectivity index (χ4n) is 2.73. The van der Waals surface area contributed by atoms with Gasteiger partial charge >= 0.3 is 5.97 Å². The van der Waals surface area contributed by atoms with Crippen LogP contribution < -0.4 is 10.6 Å². The molecule has 0 fully saturated rings. The van der Waals surface area contributed by atoms with Crippen LogP contribution in [0.5, 0.6) is 0 Å². The number of benzene rings is 1. The lowest BCUT2D eigenvalue weighted by Gasteiger charge is -2.24. The van der Waals surface area contributed by atoms with Gasteiger partial charge in [0, 0.05) is 17.8 Å². The van der Waals surface area contributed by atoms with Crippen molar-refractivity contribution in [3.8, 4) is 0 Å². The number of hydrogen-bond donors (Lipinski definition) is 3. The van der Waals surface area contributed by atoms with Gasteiger partial charge in [0.15, 0.2) is 0 Å². The highest BCUT2D eigenvalue weighted by Crippen LogP contribution is 2.28. The van der Waals surface area contributed by atoms with Crippen LogP contribution in [0.25, 0.3) is 0 Å². The van der Waals surface area contributed by atoms with Crippen molar-refractivity contribution in [1.82, 2.24) is 0 Å². The molecule has 24 heavy (non-hydrogen) atoms. The number of nitrogens with one attached hydrogen (secondary N) is 2. The van der Waals surface area contributed by atoms with E-state index in [9.17, 15) is 19.5 Å². The van der Waals surface area contributed by atoms with Gasteiger partial charge in [0.2, 0.25) is 11.8 Å². The molecular formula is C18H22N2O4. The van der Waals surface area contributed by atoms with E-state index in [4.69, 9.17) is 0 Å². The zero-order valence-corrected chi connectivity index (χ0v) is 13.8. The molecule has 2 atom stereocenters. The maximum absolute atomic E-state index is 12.4. The molecule has 128 valence electrons. The van der Waals surface area contributed by atoms with Crippen molar-refractivity contribution < 1.29 is 19.5 Å². The fourth-order valence-corrected chi connectivity index (χ4v) is 2.73. The Morgan fingerprint density at radius 2 is 1.79 bits per heavy atom. The highest BCUT2D eigenvalue weighted by molar-refractivity contribution is 5.96. The first-order valence-corrected chi connectivity index (χ1v) is 8.01. The van der Waals surface area contributed by atoms with Gasteiger partial charge in [-0.05, 0) is 43.5 Å². The smallest absolute Gasteiger partial charge is 0.307 e. The summed E-state index contributed by atoms with van der Waals surface area (Å²) in [5.41, 5.74) is 2.11. The molecule has 3 N–H and O–H groups in total. The molecule has 1 aromatic carbocycles. The minimum absolute atomic E-state index is 0.0758. The number of carboxylic acids is 1. The molecule has 6 nitrogen and oxygen atoms in total. The van der Waals surface area contributed by atoms with E-state index in [2.05, 4.69) is 10.6 Å². The van der Waals surface area contributed by atoms with E-state index in [1.165, 1.54) is 0 Å². The topological polar surface area (TPSA) is 95.5 Å². The van der Waals surface area contributed by atoms with Gasteiger partial charge in [-0.25, -0.2) is 0 Å². The number of aliphatic carboxylic acids is 1. The Balaban J connectivity index is 2.08. The molecule has 1 aliphatic rings. The Labute approximate surface area is 140 Å². The zero-order valence-electron chi connectivity index (χ0n) is 13.8. The molecular weight excluding hydrogens is 308 g/mol. The summed E-state index contributed by atoms with van der Waals surface area (Å²) in [6.45, 7) is 3.61. The van der Waals surface area contributed by atoms with Gasteiger partial charge < -0.3 is 15.7 Å². The average Bonchev–Trinajstić information content (AvgIpc) is 2.57. The molecule has 6 heteroatoms. The van der Waals surface area contributed by atoms with Crippen LogP contribution >= 0.6 is 0 Å². The monoisotopic (exact) mass is 330 g/mol. The number of amides is 2. The SMILES string of the molecule is CCC(=O)Nc1ccc(NC(=O)[C@H]2CC=CC[C@H]2C(=O)O)cc1C. The van der Waals surface area contributed by atoms with Crippen LogP contribution in [-0.4, -0.2) is 22.9 Å². The molecule has 1 aromatic rings. The molecule has 0 aliphatic heterocycles. The highest BCUT2D eigenvalue weighted by atomic mass is 16.4. The predicted octanol–water partition coefficient (Wildman–Crippen LogP) is 2.95. The van der Waals surface area contributed by atoms with Crippen molar-refractivity contribution in [2.75, 3.05) is 10.6 Å². The Bertz CT molecular complexity index is 682. The van der Waals surface area contributed by atoms with Crippen molar-refractivity contribution in [2.45, 2.75) is 33.1 Å². The van der Waals surface area contributed by atoms with Gasteiger partial charge in [0.1, 0.15) is 0 Å². The van der Waals surface area contributed by atoms with E-state index in [-0.39, 0.29) is 11.8 Å². The first kappa shape index (κ1) is 17.7. The third-order valence-electron chi connectivity index (χ3n) is 4.18.